The fourth-order valence-corrected chi connectivity index (χ4v) is 3.44. The monoisotopic (exact) mass is 525 g/mol. The van der Waals surface area contributed by atoms with Gasteiger partial charge in [-0.05, 0) is 62.3 Å². The molecule has 216 valence electrons. The number of carbonyl (C=O) groups excluding carboxylic acids is 1. The Morgan fingerprint density at radius 2 is 1.68 bits per heavy atom. The van der Waals surface area contributed by atoms with Gasteiger partial charge in [0.2, 0.25) is 0 Å². The summed E-state index contributed by atoms with van der Waals surface area (Å²) in [6.45, 7) is 23.9. The van der Waals surface area contributed by atoms with Gasteiger partial charge in [-0.1, -0.05) is 116 Å². The van der Waals surface area contributed by atoms with Crippen LogP contribution in [0.15, 0.2) is 66.3 Å². The normalized spacial score (nSPS) is 15.7. The van der Waals surface area contributed by atoms with Crippen LogP contribution in [0.4, 0.5) is 5.69 Å². The summed E-state index contributed by atoms with van der Waals surface area (Å²) in [7, 11) is 0. The third-order valence-corrected chi connectivity index (χ3v) is 6.11. The van der Waals surface area contributed by atoms with E-state index in [9.17, 15) is 4.79 Å². The zero-order chi connectivity index (χ0) is 29.0. The van der Waals surface area contributed by atoms with E-state index in [0.717, 1.165) is 49.8 Å². The molecule has 0 bridgehead atoms. The molecule has 0 atom stereocenters. The topological polar surface area (TPSA) is 29.5 Å². The summed E-state index contributed by atoms with van der Waals surface area (Å²) in [6, 6.07) is 6.11. The maximum absolute atomic E-state index is 11.3. The molecule has 1 aromatic rings. The van der Waals surface area contributed by atoms with E-state index in [4.69, 9.17) is 4.74 Å². The average Bonchev–Trinajstić information content (AvgIpc) is 3.03. The van der Waals surface area contributed by atoms with E-state index >= 15 is 0 Å². The minimum Gasteiger partial charge on any atom is -0.375 e. The summed E-state index contributed by atoms with van der Waals surface area (Å²) in [4.78, 5) is 13.7. The predicted molar refractivity (Wildman–Crippen MR) is 172 cm³/mol. The Balaban J connectivity index is 0. The molecule has 2 rings (SSSR count). The number of rotatable bonds is 9. The van der Waals surface area contributed by atoms with Gasteiger partial charge in [0.15, 0.2) is 0 Å². The van der Waals surface area contributed by atoms with Crippen LogP contribution in [0.3, 0.4) is 0 Å². The summed E-state index contributed by atoms with van der Waals surface area (Å²) >= 11 is 0. The number of unbranched alkanes of at least 4 members (excludes halogenated alkanes) is 3. The zero-order valence-corrected chi connectivity index (χ0v) is 26.2. The fraction of sp³-hybridized carbons (Fsp3) is 0.571. The van der Waals surface area contributed by atoms with Crippen LogP contribution in [0.2, 0.25) is 0 Å². The van der Waals surface area contributed by atoms with Crippen molar-refractivity contribution in [3.63, 3.8) is 0 Å². The van der Waals surface area contributed by atoms with Crippen molar-refractivity contribution in [2.75, 3.05) is 31.2 Å². The first-order valence-electron chi connectivity index (χ1n) is 15.0. The quantitative estimate of drug-likeness (QED) is 0.182. The number of aldehydes is 1. The first-order valence-corrected chi connectivity index (χ1v) is 15.0. The molecule has 3 nitrogen and oxygen atoms in total. The lowest BCUT2D eigenvalue weighted by molar-refractivity contribution is 0.112. The number of benzene rings is 1. The Bertz CT molecular complexity index is 798. The molecule has 0 saturated carbocycles. The van der Waals surface area contributed by atoms with Gasteiger partial charge in [-0.25, -0.2) is 0 Å². The minimum absolute atomic E-state index is 0.600. The predicted octanol–water partition coefficient (Wildman–Crippen LogP) is 10.3. The van der Waals surface area contributed by atoms with Crippen LogP contribution in [-0.4, -0.2) is 32.6 Å². The van der Waals surface area contributed by atoms with Crippen LogP contribution in [0, 0.1) is 0 Å². The first-order chi connectivity index (χ1) is 18.5. The number of hydrogen-bond donors (Lipinski definition) is 0. The third kappa shape index (κ3) is 18.0. The van der Waals surface area contributed by atoms with Crippen molar-refractivity contribution in [2.45, 2.75) is 107 Å². The van der Waals surface area contributed by atoms with Crippen molar-refractivity contribution in [1.82, 2.24) is 0 Å². The number of nitrogens with zero attached hydrogens (tertiary/aromatic N) is 1. The van der Waals surface area contributed by atoms with Gasteiger partial charge in [0.1, 0.15) is 6.29 Å². The molecule has 0 radical (unpaired) electrons. The second-order valence-electron chi connectivity index (χ2n) is 9.04. The van der Waals surface area contributed by atoms with Crippen LogP contribution in [0.25, 0.3) is 0 Å². The van der Waals surface area contributed by atoms with Gasteiger partial charge >= 0.3 is 0 Å². The maximum atomic E-state index is 11.3. The van der Waals surface area contributed by atoms with Gasteiger partial charge < -0.3 is 9.64 Å². The molecule has 0 N–H and O–H groups in total. The van der Waals surface area contributed by atoms with E-state index < -0.39 is 0 Å². The van der Waals surface area contributed by atoms with E-state index in [1.54, 1.807) is 0 Å². The van der Waals surface area contributed by atoms with Crippen molar-refractivity contribution in [3.8, 4) is 0 Å². The molecule has 0 spiro atoms. The molecule has 0 fully saturated rings. The Labute approximate surface area is 236 Å². The van der Waals surface area contributed by atoms with E-state index in [1.807, 2.05) is 52.0 Å². The molecule has 3 heteroatoms. The maximum Gasteiger partial charge on any atom is 0.150 e. The first kappa shape index (κ1) is 37.8. The smallest absolute Gasteiger partial charge is 0.150 e. The van der Waals surface area contributed by atoms with Crippen molar-refractivity contribution in [2.24, 2.45) is 0 Å². The molecule has 0 aliphatic carbocycles. The number of carbonyl (C=O) groups is 1. The molecular weight excluding hydrogens is 466 g/mol. The Kier molecular flexibility index (Phi) is 27.5. The van der Waals surface area contributed by atoms with Gasteiger partial charge in [0, 0.05) is 24.3 Å². The van der Waals surface area contributed by atoms with Crippen LogP contribution in [-0.2, 0) is 11.2 Å². The summed E-state index contributed by atoms with van der Waals surface area (Å²) in [5.74, 6) is 0. The molecule has 0 saturated heterocycles. The highest BCUT2D eigenvalue weighted by Crippen LogP contribution is 2.25. The minimum atomic E-state index is 0.600. The van der Waals surface area contributed by atoms with Gasteiger partial charge in [0.25, 0.3) is 0 Å². The van der Waals surface area contributed by atoms with Crippen molar-refractivity contribution < 1.29 is 9.53 Å². The van der Waals surface area contributed by atoms with Crippen LogP contribution >= 0.6 is 0 Å². The molecule has 1 aliphatic heterocycles. The highest BCUT2D eigenvalue weighted by atomic mass is 16.5. The lowest BCUT2D eigenvalue weighted by Crippen LogP contribution is -2.29. The van der Waals surface area contributed by atoms with Crippen LogP contribution in [0.5, 0.6) is 0 Å². The zero-order valence-electron chi connectivity index (χ0n) is 26.2. The molecule has 0 aromatic heterocycles. The summed E-state index contributed by atoms with van der Waals surface area (Å²) in [5.41, 5.74) is 5.57. The van der Waals surface area contributed by atoms with Crippen LogP contribution in [0.1, 0.15) is 116 Å². The van der Waals surface area contributed by atoms with Crippen molar-refractivity contribution in [3.05, 3.63) is 77.4 Å². The van der Waals surface area contributed by atoms with Crippen molar-refractivity contribution in [1.29, 1.82) is 0 Å². The molecule has 1 aromatic carbocycles. The number of anilines is 1. The average molecular weight is 526 g/mol. The Morgan fingerprint density at radius 3 is 2.24 bits per heavy atom. The molecule has 0 amide bonds. The van der Waals surface area contributed by atoms with E-state index in [-0.39, 0.29) is 0 Å². The van der Waals surface area contributed by atoms with Gasteiger partial charge in [0.05, 0.1) is 13.2 Å². The number of allylic oxidation sites excluding steroid dienone is 4. The van der Waals surface area contributed by atoms with E-state index in [0.29, 0.717) is 13.2 Å². The number of aryl methyl sites for hydroxylation is 1. The number of ether oxygens (including phenoxy) is 1. The lowest BCUT2D eigenvalue weighted by Gasteiger charge is -2.27. The molecule has 38 heavy (non-hydrogen) atoms. The highest BCUT2D eigenvalue weighted by molar-refractivity contribution is 5.78. The number of hydrogen-bond acceptors (Lipinski definition) is 3. The molecule has 0 unspecified atom stereocenters. The van der Waals surface area contributed by atoms with Gasteiger partial charge in [-0.2, -0.15) is 0 Å². The van der Waals surface area contributed by atoms with E-state index in [2.05, 4.69) is 63.5 Å². The fourth-order valence-electron chi connectivity index (χ4n) is 3.44. The van der Waals surface area contributed by atoms with E-state index in [1.165, 1.54) is 48.9 Å². The van der Waals surface area contributed by atoms with Crippen LogP contribution < -0.4 is 4.90 Å². The summed E-state index contributed by atoms with van der Waals surface area (Å²) in [5, 5.41) is 0. The molecular formula is C35H59NO2. The molecule has 1 aliphatic rings. The second-order valence-corrected chi connectivity index (χ2v) is 9.04. The Hall–Kier alpha value is -2.39. The Morgan fingerprint density at radius 1 is 1.00 bits per heavy atom. The van der Waals surface area contributed by atoms with Gasteiger partial charge in [-0.3, -0.25) is 4.79 Å². The summed E-state index contributed by atoms with van der Waals surface area (Å²) < 4.78 is 5.97. The third-order valence-electron chi connectivity index (χ3n) is 6.11. The highest BCUT2D eigenvalue weighted by Gasteiger charge is 2.13. The molecule has 1 heterocycles. The second kappa shape index (κ2) is 27.6. The summed E-state index contributed by atoms with van der Waals surface area (Å²) in [6.07, 6.45) is 20.6. The SMILES string of the molecule is C/C=C\C.C=C(CC)/C1=C/C=C\CCN(c2cc(C=O)ccc2CCCCC)CCOC1.CC.CCCC. The standard InChI is InChI=1S/C25H35NO2.C4H10.C4H8.C2H6/c1-4-6-8-11-23-14-13-22(19-27)18-25(23)26-15-10-7-9-12-24(21(3)5-2)20-28-17-16-26;2*1-3-4-2;1-2/h7,9,12-14,18-19H,3-6,8,10-11,15-17,20H2,1-2H3;3-4H2,1-2H3;3-4H,1-2H3;1-2H3/b9-7-,24-12+;;4-3-;. The van der Waals surface area contributed by atoms with Crippen molar-refractivity contribution >= 4 is 12.0 Å². The lowest BCUT2D eigenvalue weighted by atomic mass is 10.0. The largest absolute Gasteiger partial charge is 0.375 e. The van der Waals surface area contributed by atoms with Gasteiger partial charge in [-0.15, -0.1) is 0 Å².